The fourth-order valence-electron chi connectivity index (χ4n) is 3.38. The Bertz CT molecular complexity index is 551. The molecule has 1 aromatic rings. The maximum atomic E-state index is 13.1. The Hall–Kier alpha value is -1.56. The third-order valence-corrected chi connectivity index (χ3v) is 4.31. The number of carbonyl (C=O) groups excluding carboxylic acids is 1. The predicted octanol–water partition coefficient (Wildman–Crippen LogP) is 2.53. The van der Waals surface area contributed by atoms with E-state index < -0.39 is 29.0 Å². The van der Waals surface area contributed by atoms with Crippen LogP contribution in [0.25, 0.3) is 0 Å². The number of hydrogen-bond acceptors (Lipinski definition) is 3. The lowest BCUT2D eigenvalue weighted by Gasteiger charge is -2.44. The molecule has 1 aliphatic carbocycles. The van der Waals surface area contributed by atoms with Crippen molar-refractivity contribution >= 4 is 5.97 Å². The molecule has 0 radical (unpaired) electrons. The quantitative estimate of drug-likeness (QED) is 0.784. The summed E-state index contributed by atoms with van der Waals surface area (Å²) in [5, 5.41) is 0. The van der Waals surface area contributed by atoms with E-state index in [1.165, 1.54) is 19.2 Å². The summed E-state index contributed by atoms with van der Waals surface area (Å²) in [4.78, 5) is 11.8. The molecule has 4 rings (SSSR count). The Morgan fingerprint density at radius 1 is 1.40 bits per heavy atom. The van der Waals surface area contributed by atoms with Crippen molar-refractivity contribution in [2.45, 2.75) is 24.1 Å². The molecule has 2 heterocycles. The summed E-state index contributed by atoms with van der Waals surface area (Å²) >= 11 is 0. The van der Waals surface area contributed by atoms with E-state index in [9.17, 15) is 18.0 Å². The highest BCUT2D eigenvalue weighted by atomic mass is 19.4. The average molecular weight is 286 g/mol. The lowest BCUT2D eigenvalue weighted by Crippen LogP contribution is -2.53. The smallest absolute Gasteiger partial charge is 0.416 e. The van der Waals surface area contributed by atoms with Crippen LogP contribution in [-0.4, -0.2) is 25.8 Å². The van der Waals surface area contributed by atoms with E-state index in [2.05, 4.69) is 0 Å². The van der Waals surface area contributed by atoms with Gasteiger partial charge in [-0.25, -0.2) is 0 Å². The summed E-state index contributed by atoms with van der Waals surface area (Å²) in [7, 11) is 1.24. The number of benzene rings is 1. The molecular formula is C14H13F3O3. The molecule has 2 aliphatic heterocycles. The van der Waals surface area contributed by atoms with Crippen molar-refractivity contribution in [3.8, 4) is 0 Å². The molecule has 3 aliphatic rings. The van der Waals surface area contributed by atoms with Crippen LogP contribution < -0.4 is 0 Å². The van der Waals surface area contributed by atoms with Crippen LogP contribution in [0.4, 0.5) is 13.2 Å². The van der Waals surface area contributed by atoms with Gasteiger partial charge in [0, 0.05) is 5.41 Å². The number of carbonyl (C=O) groups is 1. The number of fused-ring (bicyclic) bond motifs is 1. The minimum absolute atomic E-state index is 0.129. The summed E-state index contributed by atoms with van der Waals surface area (Å²) in [6.45, 7) is 0.129. The third kappa shape index (κ3) is 1.67. The first-order valence-electron chi connectivity index (χ1n) is 6.26. The molecule has 1 aromatic carbocycles. The van der Waals surface area contributed by atoms with Gasteiger partial charge in [-0.3, -0.25) is 4.79 Å². The molecule has 0 spiro atoms. The zero-order chi connectivity index (χ0) is 14.5. The molecule has 3 atom stereocenters. The van der Waals surface area contributed by atoms with Gasteiger partial charge in [-0.1, -0.05) is 18.2 Å². The normalized spacial score (nSPS) is 31.8. The van der Waals surface area contributed by atoms with E-state index in [1.54, 1.807) is 6.07 Å². The number of ether oxygens (including phenoxy) is 2. The van der Waals surface area contributed by atoms with Crippen molar-refractivity contribution < 1.29 is 27.4 Å². The highest BCUT2D eigenvalue weighted by molar-refractivity contribution is 5.78. The monoisotopic (exact) mass is 286 g/mol. The van der Waals surface area contributed by atoms with E-state index in [0.717, 1.165) is 6.07 Å². The summed E-state index contributed by atoms with van der Waals surface area (Å²) in [6, 6.07) is 5.38. The molecule has 0 aromatic heterocycles. The number of hydrogen-bond donors (Lipinski definition) is 0. The molecule has 3 unspecified atom stereocenters. The van der Waals surface area contributed by atoms with Crippen molar-refractivity contribution in [2.24, 2.45) is 5.92 Å². The zero-order valence-electron chi connectivity index (χ0n) is 10.7. The molecule has 2 saturated heterocycles. The van der Waals surface area contributed by atoms with Crippen molar-refractivity contribution in [3.05, 3.63) is 35.4 Å². The van der Waals surface area contributed by atoms with Gasteiger partial charge in [0.1, 0.15) is 0 Å². The molecule has 1 saturated carbocycles. The molecular weight excluding hydrogens is 273 g/mol. The van der Waals surface area contributed by atoms with Gasteiger partial charge in [0.15, 0.2) is 0 Å². The van der Waals surface area contributed by atoms with Crippen molar-refractivity contribution in [1.29, 1.82) is 0 Å². The standard InChI is InChI=1S/C14H13F3O3/c1-19-12(18)11-10-6-13(11,7-20-10)8-4-2-3-5-9(8)14(15,16)17/h2-5,10-11H,6-7H2,1H3. The number of rotatable bonds is 2. The van der Waals surface area contributed by atoms with Gasteiger partial charge < -0.3 is 9.47 Å². The lowest BCUT2D eigenvalue weighted by molar-refractivity contribution is -0.155. The minimum atomic E-state index is -4.44. The van der Waals surface area contributed by atoms with Crippen LogP contribution in [0.15, 0.2) is 24.3 Å². The summed E-state index contributed by atoms with van der Waals surface area (Å²) in [5.74, 6) is -1.15. The van der Waals surface area contributed by atoms with Crippen LogP contribution in [0.5, 0.6) is 0 Å². The maximum absolute atomic E-state index is 13.1. The van der Waals surface area contributed by atoms with Crippen molar-refractivity contribution in [1.82, 2.24) is 0 Å². The number of methoxy groups -OCH3 is 1. The van der Waals surface area contributed by atoms with Gasteiger partial charge >= 0.3 is 12.1 Å². The Labute approximate surface area is 113 Å². The van der Waals surface area contributed by atoms with Gasteiger partial charge in [-0.05, 0) is 18.1 Å². The van der Waals surface area contributed by atoms with Crippen molar-refractivity contribution in [2.75, 3.05) is 13.7 Å². The number of esters is 1. The first kappa shape index (κ1) is 13.4. The Morgan fingerprint density at radius 3 is 2.70 bits per heavy atom. The van der Waals surface area contributed by atoms with Gasteiger partial charge in [0.25, 0.3) is 0 Å². The van der Waals surface area contributed by atoms with Crippen LogP contribution in [-0.2, 0) is 25.9 Å². The zero-order valence-corrected chi connectivity index (χ0v) is 10.7. The van der Waals surface area contributed by atoms with E-state index in [0.29, 0.717) is 6.42 Å². The van der Waals surface area contributed by atoms with Gasteiger partial charge in [0.2, 0.25) is 0 Å². The average Bonchev–Trinajstić information content (AvgIpc) is 2.97. The van der Waals surface area contributed by atoms with Crippen LogP contribution in [0.1, 0.15) is 17.5 Å². The number of halogens is 3. The van der Waals surface area contributed by atoms with E-state index in [4.69, 9.17) is 9.47 Å². The second-order valence-corrected chi connectivity index (χ2v) is 5.25. The highest BCUT2D eigenvalue weighted by Crippen LogP contribution is 2.58. The molecule has 3 fully saturated rings. The van der Waals surface area contributed by atoms with Gasteiger partial charge in [-0.15, -0.1) is 0 Å². The second-order valence-electron chi connectivity index (χ2n) is 5.25. The van der Waals surface area contributed by atoms with E-state index in [-0.39, 0.29) is 18.3 Å². The largest absolute Gasteiger partial charge is 0.469 e. The van der Waals surface area contributed by atoms with Crippen LogP contribution in [0, 0.1) is 5.92 Å². The Kier molecular flexibility index (Phi) is 2.83. The first-order valence-corrected chi connectivity index (χ1v) is 6.26. The molecule has 20 heavy (non-hydrogen) atoms. The topological polar surface area (TPSA) is 35.5 Å². The SMILES string of the molecule is COC(=O)C1C2CC1(c1ccccc1C(F)(F)F)CO2. The Morgan fingerprint density at radius 2 is 2.10 bits per heavy atom. The number of alkyl halides is 3. The van der Waals surface area contributed by atoms with Crippen LogP contribution in [0.3, 0.4) is 0 Å². The van der Waals surface area contributed by atoms with E-state index >= 15 is 0 Å². The van der Waals surface area contributed by atoms with Crippen LogP contribution >= 0.6 is 0 Å². The third-order valence-electron chi connectivity index (χ3n) is 4.31. The fourth-order valence-corrected chi connectivity index (χ4v) is 3.38. The highest BCUT2D eigenvalue weighted by Gasteiger charge is 2.66. The fraction of sp³-hybridized carbons (Fsp3) is 0.500. The summed E-state index contributed by atoms with van der Waals surface area (Å²) < 4.78 is 49.6. The second kappa shape index (κ2) is 4.22. The summed E-state index contributed by atoms with van der Waals surface area (Å²) in [5.41, 5.74) is -1.46. The maximum Gasteiger partial charge on any atom is 0.416 e. The van der Waals surface area contributed by atoms with Gasteiger partial charge in [0.05, 0.1) is 31.3 Å². The molecule has 0 amide bonds. The van der Waals surface area contributed by atoms with Crippen molar-refractivity contribution in [3.63, 3.8) is 0 Å². The van der Waals surface area contributed by atoms with Crippen LogP contribution in [0.2, 0.25) is 0 Å². The van der Waals surface area contributed by atoms with E-state index in [1.807, 2.05) is 0 Å². The first-order chi connectivity index (χ1) is 9.40. The molecule has 0 N–H and O–H groups in total. The minimum Gasteiger partial charge on any atom is -0.469 e. The Balaban J connectivity index is 2.08. The summed E-state index contributed by atoms with van der Waals surface area (Å²) in [6.07, 6.45) is -4.34. The molecule has 2 bridgehead atoms. The molecule has 3 nitrogen and oxygen atoms in total. The molecule has 108 valence electrons. The van der Waals surface area contributed by atoms with Gasteiger partial charge in [-0.2, -0.15) is 13.2 Å². The molecule has 6 heteroatoms. The predicted molar refractivity (Wildman–Crippen MR) is 63.0 cm³/mol. The lowest BCUT2D eigenvalue weighted by atomic mass is 9.57.